The van der Waals surface area contributed by atoms with Crippen LogP contribution in [0.15, 0.2) is 11.1 Å². The van der Waals surface area contributed by atoms with Gasteiger partial charge in [-0.05, 0) is 45.9 Å². The molecule has 1 saturated carbocycles. The number of carbonyl (C=O) groups excluding carboxylic acids is 1. The van der Waals surface area contributed by atoms with E-state index in [9.17, 15) is 4.79 Å². The van der Waals surface area contributed by atoms with Crippen LogP contribution in [0.25, 0.3) is 0 Å². The Labute approximate surface area is 99.1 Å². The summed E-state index contributed by atoms with van der Waals surface area (Å²) in [7, 11) is 4.06. The van der Waals surface area contributed by atoms with Gasteiger partial charge in [-0.1, -0.05) is 12.5 Å². The Bertz CT molecular complexity index is 258. The summed E-state index contributed by atoms with van der Waals surface area (Å²) < 4.78 is 0. The van der Waals surface area contributed by atoms with Crippen LogP contribution in [0.2, 0.25) is 0 Å². The van der Waals surface area contributed by atoms with Crippen molar-refractivity contribution in [1.82, 2.24) is 4.90 Å². The second-order valence-corrected chi connectivity index (χ2v) is 4.47. The summed E-state index contributed by atoms with van der Waals surface area (Å²) in [5.41, 5.74) is 2.40. The van der Waals surface area contributed by atoms with Gasteiger partial charge in [-0.15, -0.1) is 12.4 Å². The van der Waals surface area contributed by atoms with Crippen LogP contribution in [0.4, 0.5) is 0 Å². The van der Waals surface area contributed by atoms with Crippen molar-refractivity contribution in [2.45, 2.75) is 33.1 Å². The van der Waals surface area contributed by atoms with Crippen molar-refractivity contribution in [1.29, 1.82) is 0 Å². The van der Waals surface area contributed by atoms with Crippen LogP contribution >= 0.6 is 12.4 Å². The first kappa shape index (κ1) is 14.7. The van der Waals surface area contributed by atoms with Gasteiger partial charge in [0, 0.05) is 12.5 Å². The molecule has 1 fully saturated rings. The summed E-state index contributed by atoms with van der Waals surface area (Å²) >= 11 is 0. The molecular formula is C12H22ClNO. The molecule has 1 unspecified atom stereocenters. The number of rotatable bonds is 3. The molecule has 1 aliphatic carbocycles. The molecule has 0 heterocycles. The Balaban J connectivity index is 0.00000196. The molecule has 15 heavy (non-hydrogen) atoms. The van der Waals surface area contributed by atoms with Crippen molar-refractivity contribution in [2.24, 2.45) is 5.92 Å². The molecule has 1 aliphatic rings. The molecule has 0 amide bonds. The Morgan fingerprint density at radius 3 is 2.53 bits per heavy atom. The highest BCUT2D eigenvalue weighted by atomic mass is 35.5. The molecule has 0 spiro atoms. The predicted octanol–water partition coefficient (Wildman–Crippen LogP) is 2.68. The van der Waals surface area contributed by atoms with Crippen molar-refractivity contribution in [3.05, 3.63) is 11.1 Å². The number of halogens is 1. The number of hydrogen-bond acceptors (Lipinski definition) is 2. The van der Waals surface area contributed by atoms with Crippen LogP contribution in [0.1, 0.15) is 33.1 Å². The van der Waals surface area contributed by atoms with E-state index in [1.165, 1.54) is 5.57 Å². The van der Waals surface area contributed by atoms with Gasteiger partial charge < -0.3 is 4.90 Å². The SMILES string of the molecule is CCC(C)=C1CCC(CN(C)C)C1=O.Cl. The van der Waals surface area contributed by atoms with Crippen molar-refractivity contribution >= 4 is 18.2 Å². The van der Waals surface area contributed by atoms with Crippen LogP contribution in [0, 0.1) is 5.92 Å². The molecule has 0 N–H and O–H groups in total. The molecular weight excluding hydrogens is 210 g/mol. The van der Waals surface area contributed by atoms with Gasteiger partial charge in [0.25, 0.3) is 0 Å². The number of hydrogen-bond donors (Lipinski definition) is 0. The van der Waals surface area contributed by atoms with Gasteiger partial charge in [-0.3, -0.25) is 4.79 Å². The molecule has 0 bridgehead atoms. The fraction of sp³-hybridized carbons (Fsp3) is 0.750. The first-order valence-corrected chi connectivity index (χ1v) is 5.43. The first-order valence-electron chi connectivity index (χ1n) is 5.43. The third-order valence-electron chi connectivity index (χ3n) is 3.04. The minimum atomic E-state index is 0. The second-order valence-electron chi connectivity index (χ2n) is 4.47. The lowest BCUT2D eigenvalue weighted by Gasteiger charge is -2.14. The van der Waals surface area contributed by atoms with Crippen LogP contribution < -0.4 is 0 Å². The Morgan fingerprint density at radius 1 is 1.47 bits per heavy atom. The van der Waals surface area contributed by atoms with Gasteiger partial charge in [0.2, 0.25) is 0 Å². The highest BCUT2D eigenvalue weighted by molar-refractivity contribution is 6.00. The van der Waals surface area contributed by atoms with E-state index in [1.807, 2.05) is 14.1 Å². The minimum absolute atomic E-state index is 0. The molecule has 3 heteroatoms. The average Bonchev–Trinajstić information content (AvgIpc) is 2.46. The minimum Gasteiger partial charge on any atom is -0.309 e. The quantitative estimate of drug-likeness (QED) is 0.697. The van der Waals surface area contributed by atoms with E-state index in [0.717, 1.165) is 31.4 Å². The fourth-order valence-electron chi connectivity index (χ4n) is 2.07. The second kappa shape index (κ2) is 6.29. The molecule has 0 aromatic rings. The summed E-state index contributed by atoms with van der Waals surface area (Å²) in [4.78, 5) is 14.1. The normalized spacial score (nSPS) is 24.3. The highest BCUT2D eigenvalue weighted by Gasteiger charge is 2.30. The lowest BCUT2D eigenvalue weighted by Crippen LogP contribution is -2.24. The maximum absolute atomic E-state index is 12.0. The molecule has 0 aromatic heterocycles. The van der Waals surface area contributed by atoms with Gasteiger partial charge >= 0.3 is 0 Å². The smallest absolute Gasteiger partial charge is 0.163 e. The van der Waals surface area contributed by atoms with Gasteiger partial charge in [-0.2, -0.15) is 0 Å². The van der Waals surface area contributed by atoms with E-state index in [2.05, 4.69) is 18.7 Å². The summed E-state index contributed by atoms with van der Waals surface area (Å²) in [6.45, 7) is 5.11. The highest BCUT2D eigenvalue weighted by Crippen LogP contribution is 2.30. The van der Waals surface area contributed by atoms with E-state index in [-0.39, 0.29) is 18.3 Å². The average molecular weight is 232 g/mol. The van der Waals surface area contributed by atoms with Crippen LogP contribution in [-0.2, 0) is 4.79 Å². The van der Waals surface area contributed by atoms with E-state index in [4.69, 9.17) is 0 Å². The standard InChI is InChI=1S/C12H21NO.ClH/c1-5-9(2)11-7-6-10(12(11)14)8-13(3)4;/h10H,5-8H2,1-4H3;1H. The van der Waals surface area contributed by atoms with Crippen molar-refractivity contribution in [2.75, 3.05) is 20.6 Å². The van der Waals surface area contributed by atoms with E-state index < -0.39 is 0 Å². The summed E-state index contributed by atoms with van der Waals surface area (Å²) in [6, 6.07) is 0. The van der Waals surface area contributed by atoms with Gasteiger partial charge in [-0.25, -0.2) is 0 Å². The van der Waals surface area contributed by atoms with Crippen LogP contribution in [0.5, 0.6) is 0 Å². The summed E-state index contributed by atoms with van der Waals surface area (Å²) in [6.07, 6.45) is 3.05. The van der Waals surface area contributed by atoms with Gasteiger partial charge in [0.1, 0.15) is 0 Å². The molecule has 1 atom stereocenters. The fourth-order valence-corrected chi connectivity index (χ4v) is 2.07. The zero-order chi connectivity index (χ0) is 10.7. The Kier molecular flexibility index (Phi) is 6.15. The third-order valence-corrected chi connectivity index (χ3v) is 3.04. The largest absolute Gasteiger partial charge is 0.309 e. The monoisotopic (exact) mass is 231 g/mol. The maximum Gasteiger partial charge on any atom is 0.163 e. The predicted molar refractivity (Wildman–Crippen MR) is 66.5 cm³/mol. The van der Waals surface area contributed by atoms with Crippen LogP contribution in [-0.4, -0.2) is 31.3 Å². The topological polar surface area (TPSA) is 20.3 Å². The first-order chi connectivity index (χ1) is 6.56. The van der Waals surface area contributed by atoms with E-state index in [1.54, 1.807) is 0 Å². The molecule has 0 saturated heterocycles. The van der Waals surface area contributed by atoms with Gasteiger partial charge in [0.05, 0.1) is 0 Å². The van der Waals surface area contributed by atoms with E-state index >= 15 is 0 Å². The molecule has 88 valence electrons. The Hall–Kier alpha value is -0.340. The zero-order valence-corrected chi connectivity index (χ0v) is 11.0. The zero-order valence-electron chi connectivity index (χ0n) is 10.2. The van der Waals surface area contributed by atoms with Crippen molar-refractivity contribution in [3.8, 4) is 0 Å². The molecule has 0 aliphatic heterocycles. The van der Waals surface area contributed by atoms with Crippen LogP contribution in [0.3, 0.4) is 0 Å². The van der Waals surface area contributed by atoms with E-state index in [0.29, 0.717) is 5.78 Å². The number of allylic oxidation sites excluding steroid dienone is 2. The Morgan fingerprint density at radius 2 is 2.07 bits per heavy atom. The van der Waals surface area contributed by atoms with Crippen molar-refractivity contribution < 1.29 is 4.79 Å². The molecule has 2 nitrogen and oxygen atoms in total. The molecule has 0 aromatic carbocycles. The summed E-state index contributed by atoms with van der Waals surface area (Å²) in [5.74, 6) is 0.652. The third kappa shape index (κ3) is 3.62. The van der Waals surface area contributed by atoms with Crippen molar-refractivity contribution in [3.63, 3.8) is 0 Å². The number of carbonyl (C=O) groups is 1. The number of nitrogens with zero attached hydrogens (tertiary/aromatic N) is 1. The lowest BCUT2D eigenvalue weighted by molar-refractivity contribution is -0.118. The van der Waals surface area contributed by atoms with Gasteiger partial charge in [0.15, 0.2) is 5.78 Å². The summed E-state index contributed by atoms with van der Waals surface area (Å²) in [5, 5.41) is 0. The number of ketones is 1. The number of Topliss-reactive ketones (excluding diaryl/α,β-unsaturated/α-hetero) is 1. The molecule has 0 radical (unpaired) electrons. The lowest BCUT2D eigenvalue weighted by atomic mass is 10.0. The maximum atomic E-state index is 12.0. The molecule has 1 rings (SSSR count).